The first-order valence-corrected chi connectivity index (χ1v) is 8.45. The third-order valence-electron chi connectivity index (χ3n) is 2.95. The highest BCUT2D eigenvalue weighted by atomic mass is 32.1. The zero-order chi connectivity index (χ0) is 13.9. The molecule has 1 atom stereocenters. The van der Waals surface area contributed by atoms with E-state index in [9.17, 15) is 0 Å². The van der Waals surface area contributed by atoms with Gasteiger partial charge in [0.2, 0.25) is 0 Å². The normalized spacial score (nSPS) is 13.7. The molecule has 4 heteroatoms. The van der Waals surface area contributed by atoms with Crippen molar-refractivity contribution in [3.8, 4) is 0 Å². The summed E-state index contributed by atoms with van der Waals surface area (Å²) < 4.78 is 0. The Bertz CT molecular complexity index is 494. The number of thiazole rings is 1. The van der Waals surface area contributed by atoms with Gasteiger partial charge in [-0.1, -0.05) is 27.7 Å². The highest BCUT2D eigenvalue weighted by Crippen LogP contribution is 2.35. The molecular formula is C15H22N2S2. The van der Waals surface area contributed by atoms with Gasteiger partial charge in [-0.3, -0.25) is 0 Å². The summed E-state index contributed by atoms with van der Waals surface area (Å²) in [4.78, 5) is 7.28. The van der Waals surface area contributed by atoms with Crippen LogP contribution in [0.3, 0.4) is 0 Å². The first kappa shape index (κ1) is 14.7. The Morgan fingerprint density at radius 2 is 2.11 bits per heavy atom. The van der Waals surface area contributed by atoms with Crippen molar-refractivity contribution in [2.75, 3.05) is 6.54 Å². The Kier molecular flexibility index (Phi) is 4.76. The molecule has 2 heterocycles. The van der Waals surface area contributed by atoms with Crippen LogP contribution in [-0.2, 0) is 5.41 Å². The van der Waals surface area contributed by atoms with Crippen molar-refractivity contribution in [3.05, 3.63) is 38.5 Å². The maximum absolute atomic E-state index is 4.48. The lowest BCUT2D eigenvalue weighted by atomic mass is 9.95. The van der Waals surface area contributed by atoms with E-state index in [1.807, 2.05) is 22.9 Å². The molecule has 104 valence electrons. The van der Waals surface area contributed by atoms with Gasteiger partial charge in [0, 0.05) is 21.3 Å². The molecule has 0 fully saturated rings. The number of hydrogen-bond acceptors (Lipinski definition) is 4. The molecule has 0 saturated carbocycles. The number of thiophene rings is 1. The maximum atomic E-state index is 4.48. The van der Waals surface area contributed by atoms with Crippen LogP contribution in [0.1, 0.15) is 54.9 Å². The molecule has 2 nitrogen and oxygen atoms in total. The minimum atomic E-state index is 0.223. The molecule has 0 aliphatic rings. The second-order valence-corrected chi connectivity index (χ2v) is 7.75. The van der Waals surface area contributed by atoms with Crippen LogP contribution in [0.5, 0.6) is 0 Å². The lowest BCUT2D eigenvalue weighted by molar-refractivity contribution is 0.602. The fourth-order valence-electron chi connectivity index (χ4n) is 1.89. The highest BCUT2D eigenvalue weighted by Gasteiger charge is 2.21. The second-order valence-electron chi connectivity index (χ2n) is 5.71. The van der Waals surface area contributed by atoms with Crippen LogP contribution in [-0.4, -0.2) is 11.5 Å². The van der Waals surface area contributed by atoms with Crippen molar-refractivity contribution < 1.29 is 0 Å². The lowest BCUT2D eigenvalue weighted by Gasteiger charge is -2.17. The maximum Gasteiger partial charge on any atom is 0.115 e. The summed E-state index contributed by atoms with van der Waals surface area (Å²) in [5.41, 5.74) is 0.223. The first-order valence-electron chi connectivity index (χ1n) is 6.75. The van der Waals surface area contributed by atoms with Crippen LogP contribution in [0.4, 0.5) is 0 Å². The largest absolute Gasteiger partial charge is 0.304 e. The van der Waals surface area contributed by atoms with E-state index < -0.39 is 0 Å². The number of nitrogens with zero attached hydrogens (tertiary/aromatic N) is 1. The summed E-state index contributed by atoms with van der Waals surface area (Å²) in [6, 6.07) is 4.76. The summed E-state index contributed by atoms with van der Waals surface area (Å²) in [5, 5.41) is 6.82. The van der Waals surface area contributed by atoms with Crippen molar-refractivity contribution >= 4 is 22.7 Å². The smallest absolute Gasteiger partial charge is 0.115 e. The molecule has 0 radical (unpaired) electrons. The van der Waals surface area contributed by atoms with Gasteiger partial charge in [-0.05, 0) is 30.5 Å². The van der Waals surface area contributed by atoms with E-state index >= 15 is 0 Å². The molecule has 0 amide bonds. The van der Waals surface area contributed by atoms with Crippen LogP contribution in [0, 0.1) is 0 Å². The predicted molar refractivity (Wildman–Crippen MR) is 85.3 cm³/mol. The van der Waals surface area contributed by atoms with Crippen LogP contribution in [0.15, 0.2) is 23.7 Å². The van der Waals surface area contributed by atoms with E-state index in [0.29, 0.717) is 0 Å². The number of rotatable bonds is 5. The standard InChI is InChI=1S/C15H22N2S2/c1-5-8-16-13(14-17-9-10-18-14)11-6-7-12(19-11)15(2,3)4/h6-7,9-10,13,16H,5,8H2,1-4H3. The van der Waals surface area contributed by atoms with E-state index in [0.717, 1.165) is 18.0 Å². The van der Waals surface area contributed by atoms with Gasteiger partial charge in [-0.15, -0.1) is 22.7 Å². The highest BCUT2D eigenvalue weighted by molar-refractivity contribution is 7.13. The van der Waals surface area contributed by atoms with Gasteiger partial charge < -0.3 is 5.32 Å². The third kappa shape index (κ3) is 3.65. The van der Waals surface area contributed by atoms with Crippen LogP contribution >= 0.6 is 22.7 Å². The SMILES string of the molecule is CCCNC(c1ccc(C(C)(C)C)s1)c1nccs1. The molecule has 2 rings (SSSR count). The molecule has 0 aliphatic carbocycles. The van der Waals surface area contributed by atoms with Crippen molar-refractivity contribution in [1.29, 1.82) is 0 Å². The Balaban J connectivity index is 2.26. The molecule has 0 spiro atoms. The molecular weight excluding hydrogens is 272 g/mol. The minimum absolute atomic E-state index is 0.223. The van der Waals surface area contributed by atoms with Gasteiger partial charge in [0.15, 0.2) is 0 Å². The Labute approximate surface area is 123 Å². The topological polar surface area (TPSA) is 24.9 Å². The van der Waals surface area contributed by atoms with E-state index in [4.69, 9.17) is 0 Å². The van der Waals surface area contributed by atoms with Gasteiger partial charge in [0.1, 0.15) is 5.01 Å². The summed E-state index contributed by atoms with van der Waals surface area (Å²) in [6.45, 7) is 10.0. The van der Waals surface area contributed by atoms with E-state index in [2.05, 4.69) is 50.1 Å². The van der Waals surface area contributed by atoms with Gasteiger partial charge in [-0.2, -0.15) is 0 Å². The molecule has 1 unspecified atom stereocenters. The summed E-state index contributed by atoms with van der Waals surface area (Å²) in [7, 11) is 0. The monoisotopic (exact) mass is 294 g/mol. The molecule has 0 saturated heterocycles. The fourth-order valence-corrected chi connectivity index (χ4v) is 3.84. The molecule has 0 aliphatic heterocycles. The first-order chi connectivity index (χ1) is 9.02. The number of aromatic nitrogens is 1. The van der Waals surface area contributed by atoms with Crippen molar-refractivity contribution in [3.63, 3.8) is 0 Å². The molecule has 2 aromatic heterocycles. The molecule has 0 bridgehead atoms. The minimum Gasteiger partial charge on any atom is -0.304 e. The number of hydrogen-bond donors (Lipinski definition) is 1. The van der Waals surface area contributed by atoms with Gasteiger partial charge in [0.25, 0.3) is 0 Å². The van der Waals surface area contributed by atoms with Crippen molar-refractivity contribution in [2.45, 2.75) is 45.6 Å². The van der Waals surface area contributed by atoms with Crippen molar-refractivity contribution in [2.24, 2.45) is 0 Å². The van der Waals surface area contributed by atoms with Crippen LogP contribution in [0.25, 0.3) is 0 Å². The predicted octanol–water partition coefficient (Wildman–Crippen LogP) is 4.59. The van der Waals surface area contributed by atoms with Crippen LogP contribution < -0.4 is 5.32 Å². The molecule has 19 heavy (non-hydrogen) atoms. The van der Waals surface area contributed by atoms with Gasteiger partial charge in [-0.25, -0.2) is 4.98 Å². The van der Waals surface area contributed by atoms with Gasteiger partial charge in [0.05, 0.1) is 6.04 Å². The van der Waals surface area contributed by atoms with E-state index in [1.165, 1.54) is 9.75 Å². The second kappa shape index (κ2) is 6.16. The Morgan fingerprint density at radius 1 is 1.32 bits per heavy atom. The average molecular weight is 294 g/mol. The number of nitrogens with one attached hydrogen (secondary N) is 1. The Morgan fingerprint density at radius 3 is 2.63 bits per heavy atom. The van der Waals surface area contributed by atoms with Crippen LogP contribution in [0.2, 0.25) is 0 Å². The summed E-state index contributed by atoms with van der Waals surface area (Å²) in [5.74, 6) is 0. The molecule has 1 N–H and O–H groups in total. The van der Waals surface area contributed by atoms with Gasteiger partial charge >= 0.3 is 0 Å². The third-order valence-corrected chi connectivity index (χ3v) is 5.36. The zero-order valence-corrected chi connectivity index (χ0v) is 13.7. The fraction of sp³-hybridized carbons (Fsp3) is 0.533. The van der Waals surface area contributed by atoms with E-state index in [-0.39, 0.29) is 11.5 Å². The van der Waals surface area contributed by atoms with E-state index in [1.54, 1.807) is 11.3 Å². The molecule has 2 aromatic rings. The summed E-state index contributed by atoms with van der Waals surface area (Å²) in [6.07, 6.45) is 3.03. The quantitative estimate of drug-likeness (QED) is 0.872. The Hall–Kier alpha value is -0.710. The lowest BCUT2D eigenvalue weighted by Crippen LogP contribution is -2.22. The zero-order valence-electron chi connectivity index (χ0n) is 12.1. The van der Waals surface area contributed by atoms with Crippen molar-refractivity contribution in [1.82, 2.24) is 10.3 Å². The average Bonchev–Trinajstić information content (AvgIpc) is 2.99. The summed E-state index contributed by atoms with van der Waals surface area (Å²) >= 11 is 3.63. The molecule has 0 aromatic carbocycles.